The molecule has 4 rings (SSSR count). The second-order valence-corrected chi connectivity index (χ2v) is 15.5. The Morgan fingerprint density at radius 1 is 1.17 bits per heavy atom. The molecule has 0 aliphatic carbocycles. The van der Waals surface area contributed by atoms with Crippen LogP contribution in [0, 0.1) is 11.8 Å². The summed E-state index contributed by atoms with van der Waals surface area (Å²) in [6, 6.07) is 0.582. The quantitative estimate of drug-likeness (QED) is 0.108. The summed E-state index contributed by atoms with van der Waals surface area (Å²) in [7, 11) is 0. The molecule has 3 saturated heterocycles. The van der Waals surface area contributed by atoms with Crippen LogP contribution in [0.15, 0.2) is 36.0 Å². The van der Waals surface area contributed by atoms with Gasteiger partial charge in [-0.1, -0.05) is 57.6 Å². The Kier molecular flexibility index (Phi) is 14.3. The van der Waals surface area contributed by atoms with Crippen molar-refractivity contribution in [2.24, 2.45) is 11.8 Å². The SMILES string of the molecule is CCC(O)C(C)C1OC1CC(C)(O)/C=C/C=C(\C)C1OC(=O)CC(O)CCC(C)(O)C(ON2CCC(N3CCCCC3)CC2)/C=C/C1C. The highest BCUT2D eigenvalue weighted by Gasteiger charge is 2.47. The Bertz CT molecular complexity index is 1110. The lowest BCUT2D eigenvalue weighted by atomic mass is 9.88. The lowest BCUT2D eigenvalue weighted by molar-refractivity contribution is -0.239. The number of epoxide rings is 1. The zero-order valence-corrected chi connectivity index (χ0v) is 30.3. The summed E-state index contributed by atoms with van der Waals surface area (Å²) >= 11 is 0. The van der Waals surface area contributed by atoms with Crippen molar-refractivity contribution in [1.29, 1.82) is 0 Å². The number of hydroxylamine groups is 2. The normalized spacial score (nSPS) is 37.2. The maximum Gasteiger partial charge on any atom is 0.309 e. The lowest BCUT2D eigenvalue weighted by Gasteiger charge is -2.42. The van der Waals surface area contributed by atoms with Crippen LogP contribution in [0.2, 0.25) is 0 Å². The number of hydrogen-bond acceptors (Lipinski definition) is 10. The second-order valence-electron chi connectivity index (χ2n) is 15.5. The maximum absolute atomic E-state index is 12.9. The van der Waals surface area contributed by atoms with Crippen molar-refractivity contribution in [3.63, 3.8) is 0 Å². The Hall–Kier alpha value is -1.63. The number of carbonyl (C=O) groups is 1. The molecule has 4 N–H and O–H groups in total. The van der Waals surface area contributed by atoms with Gasteiger partial charge in [0.15, 0.2) is 0 Å². The number of likely N-dealkylation sites (tertiary alicyclic amines) is 1. The van der Waals surface area contributed by atoms with Gasteiger partial charge in [-0.3, -0.25) is 9.63 Å². The van der Waals surface area contributed by atoms with Crippen LogP contribution in [-0.4, -0.2) is 116 Å². The standard InChI is InChI=1S/C38H64N2O8/c1-7-31(42)28(4)36-32(46-36)25-37(5,44)18-11-12-26(2)35-27(3)13-14-33(38(6,45)19-15-30(41)24-34(43)47-35)48-40-22-16-29(17-23-40)39-20-9-8-10-21-39/h11-14,18,27-33,35-36,41-42,44-45H,7-10,15-17,19-25H2,1-6H3/b14-13+,18-11+,26-12+. The molecule has 274 valence electrons. The van der Waals surface area contributed by atoms with Gasteiger partial charge in [-0.15, -0.1) is 0 Å². The van der Waals surface area contributed by atoms with Crippen molar-refractivity contribution in [3.05, 3.63) is 36.0 Å². The van der Waals surface area contributed by atoms with Gasteiger partial charge in [-0.2, -0.15) is 5.06 Å². The van der Waals surface area contributed by atoms with E-state index in [0.29, 0.717) is 18.9 Å². The van der Waals surface area contributed by atoms with Crippen molar-refractivity contribution < 1.29 is 39.5 Å². The summed E-state index contributed by atoms with van der Waals surface area (Å²) < 4.78 is 11.7. The summed E-state index contributed by atoms with van der Waals surface area (Å²) in [5.74, 6) is -0.744. The molecule has 0 amide bonds. The molecule has 0 spiro atoms. The molecule has 0 aromatic heterocycles. The first-order valence-corrected chi connectivity index (χ1v) is 18.5. The van der Waals surface area contributed by atoms with Gasteiger partial charge in [0.1, 0.15) is 12.2 Å². The van der Waals surface area contributed by atoms with Gasteiger partial charge < -0.3 is 34.8 Å². The van der Waals surface area contributed by atoms with E-state index in [1.54, 1.807) is 26.0 Å². The van der Waals surface area contributed by atoms with Crippen LogP contribution in [0.25, 0.3) is 0 Å². The van der Waals surface area contributed by atoms with Crippen LogP contribution in [0.5, 0.6) is 0 Å². The van der Waals surface area contributed by atoms with Crippen LogP contribution < -0.4 is 0 Å². The van der Waals surface area contributed by atoms with E-state index < -0.39 is 41.6 Å². The van der Waals surface area contributed by atoms with Crippen molar-refractivity contribution in [2.75, 3.05) is 26.2 Å². The predicted octanol–water partition coefficient (Wildman–Crippen LogP) is 4.45. The summed E-state index contributed by atoms with van der Waals surface area (Å²) in [6.45, 7) is 15.2. The van der Waals surface area contributed by atoms with Gasteiger partial charge in [0.05, 0.1) is 42.0 Å². The fourth-order valence-electron chi connectivity index (χ4n) is 7.54. The Balaban J connectivity index is 1.42. The highest BCUT2D eigenvalue weighted by atomic mass is 16.7. The van der Waals surface area contributed by atoms with E-state index in [2.05, 4.69) is 4.90 Å². The smallest absolute Gasteiger partial charge is 0.309 e. The van der Waals surface area contributed by atoms with Gasteiger partial charge in [0.25, 0.3) is 0 Å². The first kappa shape index (κ1) is 39.2. The zero-order chi connectivity index (χ0) is 35.1. The molecule has 48 heavy (non-hydrogen) atoms. The number of aliphatic hydroxyl groups is 4. The predicted molar refractivity (Wildman–Crippen MR) is 186 cm³/mol. The molecule has 4 aliphatic heterocycles. The number of nitrogens with zero attached hydrogens (tertiary/aromatic N) is 2. The summed E-state index contributed by atoms with van der Waals surface area (Å²) in [6.07, 6.45) is 13.7. The number of esters is 1. The van der Waals surface area contributed by atoms with Crippen molar-refractivity contribution in [3.8, 4) is 0 Å². The maximum atomic E-state index is 12.9. The number of rotatable bonds is 11. The number of allylic oxidation sites excluding steroid dienone is 2. The van der Waals surface area contributed by atoms with E-state index in [0.717, 1.165) is 31.5 Å². The fraction of sp³-hybridized carbons (Fsp3) is 0.816. The zero-order valence-electron chi connectivity index (χ0n) is 30.3. The number of carbonyl (C=O) groups excluding carboxylic acids is 1. The number of hydrogen-bond donors (Lipinski definition) is 4. The van der Waals surface area contributed by atoms with Crippen molar-refractivity contribution in [1.82, 2.24) is 9.96 Å². The highest BCUT2D eigenvalue weighted by molar-refractivity contribution is 5.70. The molecular formula is C38H64N2O8. The monoisotopic (exact) mass is 676 g/mol. The number of aliphatic hydroxyl groups excluding tert-OH is 2. The molecule has 0 aromatic carbocycles. The molecule has 10 unspecified atom stereocenters. The first-order chi connectivity index (χ1) is 22.7. The van der Waals surface area contributed by atoms with E-state index in [4.69, 9.17) is 14.3 Å². The van der Waals surface area contributed by atoms with Crippen LogP contribution in [-0.2, 0) is 19.1 Å². The van der Waals surface area contributed by atoms with Crippen LogP contribution in [0.1, 0.15) is 106 Å². The highest BCUT2D eigenvalue weighted by Crippen LogP contribution is 2.37. The minimum atomic E-state index is -1.25. The van der Waals surface area contributed by atoms with Gasteiger partial charge in [0, 0.05) is 37.4 Å². The third kappa shape index (κ3) is 11.5. The third-order valence-corrected chi connectivity index (χ3v) is 11.0. The van der Waals surface area contributed by atoms with Gasteiger partial charge in [-0.05, 0) is 84.4 Å². The fourth-order valence-corrected chi connectivity index (χ4v) is 7.54. The Morgan fingerprint density at radius 2 is 1.85 bits per heavy atom. The average Bonchev–Trinajstić information content (AvgIpc) is 3.81. The molecule has 0 aromatic rings. The largest absolute Gasteiger partial charge is 0.457 e. The molecule has 10 heteroatoms. The topological polar surface area (TPSA) is 135 Å². The van der Waals surface area contributed by atoms with Crippen LogP contribution in [0.4, 0.5) is 0 Å². The van der Waals surface area contributed by atoms with Gasteiger partial charge in [-0.25, -0.2) is 0 Å². The van der Waals surface area contributed by atoms with Crippen molar-refractivity contribution in [2.45, 2.75) is 160 Å². The summed E-state index contributed by atoms with van der Waals surface area (Å²) in [4.78, 5) is 22.0. The van der Waals surface area contributed by atoms with Gasteiger partial charge >= 0.3 is 5.97 Å². The third-order valence-electron chi connectivity index (χ3n) is 11.0. The molecule has 10 nitrogen and oxygen atoms in total. The van der Waals surface area contributed by atoms with Crippen molar-refractivity contribution >= 4 is 5.97 Å². The van der Waals surface area contributed by atoms with E-state index in [1.165, 1.54) is 32.4 Å². The van der Waals surface area contributed by atoms with E-state index in [-0.39, 0.29) is 43.3 Å². The summed E-state index contributed by atoms with van der Waals surface area (Å²) in [5, 5.41) is 45.5. The molecule has 0 bridgehead atoms. The Morgan fingerprint density at radius 3 is 2.52 bits per heavy atom. The molecule has 3 fully saturated rings. The van der Waals surface area contributed by atoms with E-state index >= 15 is 0 Å². The average molecular weight is 677 g/mol. The van der Waals surface area contributed by atoms with E-state index in [9.17, 15) is 25.2 Å². The number of ether oxygens (including phenoxy) is 2. The minimum Gasteiger partial charge on any atom is -0.457 e. The number of piperidine rings is 2. The van der Waals surface area contributed by atoms with Crippen LogP contribution in [0.3, 0.4) is 0 Å². The molecule has 0 radical (unpaired) electrons. The summed E-state index contributed by atoms with van der Waals surface area (Å²) in [5.41, 5.74) is -1.59. The second kappa shape index (κ2) is 17.5. The minimum absolute atomic E-state index is 0.0103. The Labute approximate surface area is 288 Å². The first-order valence-electron chi connectivity index (χ1n) is 18.5. The number of cyclic esters (lactones) is 1. The lowest BCUT2D eigenvalue weighted by Crippen LogP contribution is -2.50. The van der Waals surface area contributed by atoms with Gasteiger partial charge in [0.2, 0.25) is 0 Å². The molecule has 4 aliphatic rings. The van der Waals surface area contributed by atoms with E-state index in [1.807, 2.05) is 51.0 Å². The molecular weight excluding hydrogens is 612 g/mol. The van der Waals surface area contributed by atoms with Crippen LogP contribution >= 0.6 is 0 Å². The molecule has 10 atom stereocenters. The molecule has 0 saturated carbocycles. The molecule has 4 heterocycles.